The predicted molar refractivity (Wildman–Crippen MR) is 123 cm³/mol. The monoisotopic (exact) mass is 443 g/mol. The van der Waals surface area contributed by atoms with Crippen molar-refractivity contribution in [2.24, 2.45) is 0 Å². The van der Waals surface area contributed by atoms with Crippen molar-refractivity contribution in [1.29, 1.82) is 0 Å². The summed E-state index contributed by atoms with van der Waals surface area (Å²) in [6.45, 7) is 11.6. The van der Waals surface area contributed by atoms with E-state index in [4.69, 9.17) is 14.2 Å². The molecule has 1 unspecified atom stereocenters. The van der Waals surface area contributed by atoms with Crippen LogP contribution in [0.1, 0.15) is 58.7 Å². The number of hydrogen-bond donors (Lipinski definition) is 2. The summed E-state index contributed by atoms with van der Waals surface area (Å²) in [6.07, 6.45) is 0.113. The van der Waals surface area contributed by atoms with E-state index in [1.165, 1.54) is 0 Å². The average Bonchev–Trinajstić information content (AvgIpc) is 2.67. The van der Waals surface area contributed by atoms with Crippen molar-refractivity contribution >= 4 is 17.6 Å². The van der Waals surface area contributed by atoms with Crippen LogP contribution in [0.4, 0.5) is 5.69 Å². The molecule has 0 fully saturated rings. The quantitative estimate of drug-likeness (QED) is 0.499. The number of aliphatic carboxylic acids is 1. The molecule has 0 saturated carbocycles. The van der Waals surface area contributed by atoms with E-state index >= 15 is 0 Å². The highest BCUT2D eigenvalue weighted by molar-refractivity contribution is 5.80. The molecule has 32 heavy (non-hydrogen) atoms. The van der Waals surface area contributed by atoms with Crippen molar-refractivity contribution in [3.63, 3.8) is 0 Å². The number of hydrogen-bond acceptors (Lipinski definition) is 6. The van der Waals surface area contributed by atoms with Gasteiger partial charge in [-0.2, -0.15) is 0 Å². The molecule has 0 spiro atoms. The van der Waals surface area contributed by atoms with Crippen molar-refractivity contribution in [3.05, 3.63) is 53.6 Å². The van der Waals surface area contributed by atoms with E-state index in [2.05, 4.69) is 5.32 Å². The Morgan fingerprint density at radius 1 is 1.03 bits per heavy atom. The lowest BCUT2D eigenvalue weighted by Crippen LogP contribution is -2.24. The lowest BCUT2D eigenvalue weighted by molar-refractivity contribution is -0.154. The summed E-state index contributed by atoms with van der Waals surface area (Å²) in [7, 11) is 0. The Balaban J connectivity index is 2.17. The van der Waals surface area contributed by atoms with Crippen LogP contribution in [-0.2, 0) is 20.7 Å². The second-order valence-electron chi connectivity index (χ2n) is 8.68. The zero-order valence-electron chi connectivity index (χ0n) is 19.6. The van der Waals surface area contributed by atoms with E-state index in [1.54, 1.807) is 42.5 Å². The molecule has 0 heterocycles. The third-order valence-corrected chi connectivity index (χ3v) is 4.24. The van der Waals surface area contributed by atoms with Crippen LogP contribution in [0.25, 0.3) is 0 Å². The van der Waals surface area contributed by atoms with E-state index in [1.807, 2.05) is 41.5 Å². The Labute approximate surface area is 189 Å². The maximum atomic E-state index is 12.0. The molecule has 1 atom stereocenters. The molecule has 2 aromatic carbocycles. The van der Waals surface area contributed by atoms with Crippen LogP contribution in [0.3, 0.4) is 0 Å². The van der Waals surface area contributed by atoms with Gasteiger partial charge >= 0.3 is 11.9 Å². The normalized spacial score (nSPS) is 12.2. The largest absolute Gasteiger partial charge is 0.490 e. The number of carbonyl (C=O) groups excluding carboxylic acids is 1. The van der Waals surface area contributed by atoms with E-state index in [-0.39, 0.29) is 18.5 Å². The van der Waals surface area contributed by atoms with Gasteiger partial charge in [0.25, 0.3) is 0 Å². The van der Waals surface area contributed by atoms with Crippen LogP contribution in [0.5, 0.6) is 11.5 Å². The van der Waals surface area contributed by atoms with Crippen molar-refractivity contribution in [3.8, 4) is 11.5 Å². The summed E-state index contributed by atoms with van der Waals surface area (Å²) < 4.78 is 16.7. The molecule has 7 heteroatoms. The molecule has 0 aliphatic carbocycles. The van der Waals surface area contributed by atoms with Crippen LogP contribution in [0.15, 0.2) is 42.5 Å². The fraction of sp³-hybridized carbons (Fsp3) is 0.440. The maximum Gasteiger partial charge on any atom is 0.330 e. The molecule has 0 aliphatic rings. The zero-order valence-corrected chi connectivity index (χ0v) is 19.6. The molecule has 2 N–H and O–H groups in total. The summed E-state index contributed by atoms with van der Waals surface area (Å²) in [5.41, 5.74) is 1.40. The van der Waals surface area contributed by atoms with E-state index in [9.17, 15) is 14.7 Å². The Hall–Kier alpha value is -3.22. The number of rotatable bonds is 10. The molecule has 0 aliphatic heterocycles. The molecular formula is C25H33NO6. The van der Waals surface area contributed by atoms with Gasteiger partial charge in [-0.05, 0) is 76.9 Å². The number of ether oxygens (including phenoxy) is 3. The highest BCUT2D eigenvalue weighted by atomic mass is 16.6. The van der Waals surface area contributed by atoms with Gasteiger partial charge in [-0.1, -0.05) is 18.2 Å². The summed E-state index contributed by atoms with van der Waals surface area (Å²) in [6, 6.07) is 11.2. The number of carboxylic acids is 1. The minimum Gasteiger partial charge on any atom is -0.490 e. The first-order chi connectivity index (χ1) is 15.0. The molecule has 2 aromatic rings. The van der Waals surface area contributed by atoms with Gasteiger partial charge in [0.05, 0.1) is 19.1 Å². The molecule has 0 amide bonds. The Kier molecular flexibility index (Phi) is 8.52. The van der Waals surface area contributed by atoms with Crippen molar-refractivity contribution in [2.75, 3.05) is 11.9 Å². The van der Waals surface area contributed by atoms with Crippen LogP contribution in [-0.4, -0.2) is 35.4 Å². The molecule has 0 bridgehead atoms. The zero-order chi connectivity index (χ0) is 23.9. The Morgan fingerprint density at radius 3 is 2.22 bits per heavy atom. The minimum atomic E-state index is -1.03. The van der Waals surface area contributed by atoms with Crippen LogP contribution >= 0.6 is 0 Å². The van der Waals surface area contributed by atoms with Crippen LogP contribution < -0.4 is 14.8 Å². The lowest BCUT2D eigenvalue weighted by Gasteiger charge is -2.20. The topological polar surface area (TPSA) is 94.1 Å². The van der Waals surface area contributed by atoms with Gasteiger partial charge in [0.1, 0.15) is 5.60 Å². The number of carboxylic acid groups (broad SMARTS) is 1. The minimum absolute atomic E-state index is 0.0346. The third kappa shape index (κ3) is 7.80. The van der Waals surface area contributed by atoms with Gasteiger partial charge in [0.15, 0.2) is 17.5 Å². The first-order valence-electron chi connectivity index (χ1n) is 10.7. The first kappa shape index (κ1) is 25.0. The third-order valence-electron chi connectivity index (χ3n) is 4.24. The number of nitrogens with one attached hydrogen (secondary N) is 1. The Bertz CT molecular complexity index is 915. The number of carbonyl (C=O) groups is 2. The van der Waals surface area contributed by atoms with Gasteiger partial charge in [0.2, 0.25) is 0 Å². The number of anilines is 1. The van der Waals surface area contributed by atoms with Crippen LogP contribution in [0, 0.1) is 0 Å². The maximum absolute atomic E-state index is 12.0. The average molecular weight is 444 g/mol. The van der Waals surface area contributed by atoms with Crippen molar-refractivity contribution in [1.82, 2.24) is 0 Å². The highest BCUT2D eigenvalue weighted by Gasteiger charge is 2.22. The molecule has 2 rings (SSSR count). The summed E-state index contributed by atoms with van der Waals surface area (Å²) >= 11 is 0. The second kappa shape index (κ2) is 10.9. The Morgan fingerprint density at radius 2 is 1.69 bits per heavy atom. The van der Waals surface area contributed by atoms with E-state index in [0.717, 1.165) is 5.56 Å². The van der Waals surface area contributed by atoms with Gasteiger partial charge in [0, 0.05) is 5.69 Å². The van der Waals surface area contributed by atoms with Gasteiger partial charge in [-0.3, -0.25) is 4.79 Å². The highest BCUT2D eigenvalue weighted by Crippen LogP contribution is 2.32. The molecular weight excluding hydrogens is 410 g/mol. The standard InChI is InChI=1S/C25H33NO6/c1-7-30-21-15-18(10-13-20(21)31-16(2)3)23(24(28)29)26-19-11-8-17(9-12-19)14-22(27)32-25(4,5)6/h8-13,15-16,23,26H,7,14H2,1-6H3,(H,28,29). The smallest absolute Gasteiger partial charge is 0.330 e. The molecule has 174 valence electrons. The van der Waals surface area contributed by atoms with E-state index < -0.39 is 17.6 Å². The van der Waals surface area contributed by atoms with Gasteiger partial charge in [-0.15, -0.1) is 0 Å². The molecule has 0 radical (unpaired) electrons. The van der Waals surface area contributed by atoms with E-state index in [0.29, 0.717) is 29.4 Å². The predicted octanol–water partition coefficient (Wildman–Crippen LogP) is 4.99. The summed E-state index contributed by atoms with van der Waals surface area (Å²) in [4.78, 5) is 24.0. The molecule has 0 aromatic heterocycles. The first-order valence-corrected chi connectivity index (χ1v) is 10.7. The van der Waals surface area contributed by atoms with Crippen molar-refractivity contribution in [2.45, 2.75) is 65.7 Å². The molecule has 7 nitrogen and oxygen atoms in total. The van der Waals surface area contributed by atoms with Crippen LogP contribution in [0.2, 0.25) is 0 Å². The molecule has 0 saturated heterocycles. The number of benzene rings is 2. The lowest BCUT2D eigenvalue weighted by atomic mass is 10.0. The van der Waals surface area contributed by atoms with Gasteiger partial charge in [-0.25, -0.2) is 4.79 Å². The fourth-order valence-electron chi connectivity index (χ4n) is 3.04. The van der Waals surface area contributed by atoms with Crippen molar-refractivity contribution < 1.29 is 28.9 Å². The summed E-state index contributed by atoms with van der Waals surface area (Å²) in [5.74, 6) is -0.266. The number of esters is 1. The second-order valence-corrected chi connectivity index (χ2v) is 8.68. The van der Waals surface area contributed by atoms with Gasteiger partial charge < -0.3 is 24.6 Å². The summed E-state index contributed by atoms with van der Waals surface area (Å²) in [5, 5.41) is 12.8. The fourth-order valence-corrected chi connectivity index (χ4v) is 3.04. The SMILES string of the molecule is CCOc1cc(C(Nc2ccc(CC(=O)OC(C)(C)C)cc2)C(=O)O)ccc1OC(C)C.